The Morgan fingerprint density at radius 3 is 2.47 bits per heavy atom. The van der Waals surface area contributed by atoms with E-state index in [1.165, 1.54) is 30.3 Å². The van der Waals surface area contributed by atoms with Gasteiger partial charge in [-0.15, -0.1) is 11.3 Å². The van der Waals surface area contributed by atoms with E-state index < -0.39 is 16.0 Å². The van der Waals surface area contributed by atoms with Gasteiger partial charge < -0.3 is 9.90 Å². The van der Waals surface area contributed by atoms with Crippen LogP contribution in [-0.2, 0) is 10.0 Å². The van der Waals surface area contributed by atoms with Crippen LogP contribution in [0.25, 0.3) is 0 Å². The molecule has 1 aromatic carbocycles. The Bertz CT molecular complexity index is 724. The van der Waals surface area contributed by atoms with E-state index in [4.69, 9.17) is 0 Å². The first-order valence-corrected chi connectivity index (χ1v) is 8.08. The minimum Gasteiger partial charge on any atom is -0.545 e. The van der Waals surface area contributed by atoms with Crippen molar-refractivity contribution in [3.8, 4) is 0 Å². The molecular weight excluding hydrogens is 354 g/mol. The highest BCUT2D eigenvalue weighted by Crippen LogP contribution is 2.28. The van der Waals surface area contributed by atoms with Crippen molar-refractivity contribution in [1.29, 1.82) is 0 Å². The van der Waals surface area contributed by atoms with Crippen LogP contribution in [0.5, 0.6) is 0 Å². The number of aromatic carboxylic acids is 1. The van der Waals surface area contributed by atoms with Gasteiger partial charge in [0.1, 0.15) is 4.21 Å². The molecule has 0 amide bonds. The molecule has 0 aliphatic rings. The highest BCUT2D eigenvalue weighted by atomic mass is 79.9. The molecule has 8 heteroatoms. The minimum atomic E-state index is -3.80. The molecule has 0 atom stereocenters. The maximum Gasteiger partial charge on any atom is 0.271 e. The summed E-state index contributed by atoms with van der Waals surface area (Å²) in [6.45, 7) is 0. The lowest BCUT2D eigenvalue weighted by molar-refractivity contribution is -0.254. The van der Waals surface area contributed by atoms with Crippen LogP contribution in [0.15, 0.2) is 44.4 Å². The molecule has 2 aromatic rings. The van der Waals surface area contributed by atoms with Crippen molar-refractivity contribution in [2.45, 2.75) is 4.21 Å². The smallest absolute Gasteiger partial charge is 0.271 e. The summed E-state index contributed by atoms with van der Waals surface area (Å²) < 4.78 is 27.1. The number of carbonyl (C=O) groups is 1. The van der Waals surface area contributed by atoms with Crippen molar-refractivity contribution in [3.05, 3.63) is 45.7 Å². The third-order valence-corrected chi connectivity index (χ3v) is 5.69. The van der Waals surface area contributed by atoms with Crippen LogP contribution in [0.4, 0.5) is 5.69 Å². The zero-order valence-electron chi connectivity index (χ0n) is 9.29. The summed E-state index contributed by atoms with van der Waals surface area (Å²) in [5, 5.41) is 10.9. The van der Waals surface area contributed by atoms with E-state index in [1.54, 1.807) is 6.07 Å². The molecule has 0 saturated heterocycles. The summed E-state index contributed by atoms with van der Waals surface area (Å²) in [7, 11) is -3.80. The van der Waals surface area contributed by atoms with E-state index in [2.05, 4.69) is 20.7 Å². The second-order valence-electron chi connectivity index (χ2n) is 3.50. The highest BCUT2D eigenvalue weighted by molar-refractivity contribution is 9.11. The second kappa shape index (κ2) is 5.32. The van der Waals surface area contributed by atoms with Crippen LogP contribution in [-0.4, -0.2) is 14.4 Å². The Hall–Kier alpha value is -1.38. The van der Waals surface area contributed by atoms with Gasteiger partial charge >= 0.3 is 0 Å². The fraction of sp³-hybridized carbons (Fsp3) is 0. The standard InChI is InChI=1S/C11H8BrNO4S2/c12-9-5-6-10(18-9)19(16,17)13-8-4-2-1-3-7(8)11(14)15/h1-6,13H,(H,14,15)/p-1. The lowest BCUT2D eigenvalue weighted by atomic mass is 10.2. The molecule has 0 bridgehead atoms. The van der Waals surface area contributed by atoms with Gasteiger partial charge in [0.25, 0.3) is 10.0 Å². The second-order valence-corrected chi connectivity index (χ2v) is 7.87. The lowest BCUT2D eigenvalue weighted by Crippen LogP contribution is -2.24. The Balaban J connectivity index is 2.39. The van der Waals surface area contributed by atoms with Gasteiger partial charge in [-0.3, -0.25) is 4.72 Å². The Morgan fingerprint density at radius 2 is 1.89 bits per heavy atom. The SMILES string of the molecule is O=C([O-])c1ccccc1NS(=O)(=O)c1ccc(Br)s1. The summed E-state index contributed by atoms with van der Waals surface area (Å²) in [5.74, 6) is -1.44. The fourth-order valence-corrected chi connectivity index (χ4v) is 4.48. The summed E-state index contributed by atoms with van der Waals surface area (Å²) in [6, 6.07) is 8.70. The van der Waals surface area contributed by atoms with Crippen LogP contribution in [0.1, 0.15) is 10.4 Å². The number of anilines is 1. The molecule has 0 radical (unpaired) electrons. The van der Waals surface area contributed by atoms with Crippen LogP contribution >= 0.6 is 27.3 Å². The number of thiophene rings is 1. The fourth-order valence-electron chi connectivity index (χ4n) is 1.39. The monoisotopic (exact) mass is 360 g/mol. The maximum atomic E-state index is 12.1. The third kappa shape index (κ3) is 3.14. The number of carbonyl (C=O) groups excluding carboxylic acids is 1. The quantitative estimate of drug-likeness (QED) is 0.898. The van der Waals surface area contributed by atoms with Crippen LogP contribution in [0.3, 0.4) is 0 Å². The van der Waals surface area contributed by atoms with Gasteiger partial charge in [-0.1, -0.05) is 18.2 Å². The van der Waals surface area contributed by atoms with E-state index in [1.807, 2.05) is 0 Å². The van der Waals surface area contributed by atoms with E-state index in [0.717, 1.165) is 11.3 Å². The first kappa shape index (κ1) is 14.0. The Kier molecular flexibility index (Phi) is 3.93. The van der Waals surface area contributed by atoms with Gasteiger partial charge in [-0.25, -0.2) is 8.42 Å². The number of hydrogen-bond acceptors (Lipinski definition) is 5. The maximum absolute atomic E-state index is 12.1. The van der Waals surface area contributed by atoms with E-state index >= 15 is 0 Å². The first-order chi connectivity index (χ1) is 8.90. The number of halogens is 1. The molecule has 0 spiro atoms. The number of carboxylic acid groups (broad SMARTS) is 1. The normalized spacial score (nSPS) is 11.2. The van der Waals surface area contributed by atoms with E-state index in [-0.39, 0.29) is 15.5 Å². The number of hydrogen-bond donors (Lipinski definition) is 1. The van der Waals surface area contributed by atoms with Gasteiger partial charge in [-0.05, 0) is 34.1 Å². The van der Waals surface area contributed by atoms with Crippen molar-refractivity contribution in [2.24, 2.45) is 0 Å². The van der Waals surface area contributed by atoms with Gasteiger partial charge in [-0.2, -0.15) is 0 Å². The van der Waals surface area contributed by atoms with E-state index in [0.29, 0.717) is 3.79 Å². The van der Waals surface area contributed by atoms with Crippen LogP contribution < -0.4 is 9.83 Å². The van der Waals surface area contributed by atoms with Gasteiger partial charge in [0.2, 0.25) is 0 Å². The molecule has 1 N–H and O–H groups in total. The molecule has 0 unspecified atom stereocenters. The summed E-state index contributed by atoms with van der Waals surface area (Å²) >= 11 is 4.20. The third-order valence-electron chi connectivity index (χ3n) is 2.20. The number of para-hydroxylation sites is 1. The molecule has 1 heterocycles. The molecular formula is C11H7BrNO4S2-. The minimum absolute atomic E-state index is 0.0213. The predicted octanol–water partition coefficient (Wildman–Crippen LogP) is 1.67. The molecule has 2 rings (SSSR count). The molecule has 100 valence electrons. The average Bonchev–Trinajstić information content (AvgIpc) is 2.76. The van der Waals surface area contributed by atoms with Gasteiger partial charge in [0.15, 0.2) is 0 Å². The van der Waals surface area contributed by atoms with Gasteiger partial charge in [0, 0.05) is 5.56 Å². The van der Waals surface area contributed by atoms with E-state index in [9.17, 15) is 18.3 Å². The summed E-state index contributed by atoms with van der Waals surface area (Å²) in [5.41, 5.74) is -0.228. The predicted molar refractivity (Wildman–Crippen MR) is 73.6 cm³/mol. The molecule has 0 saturated carbocycles. The number of sulfonamides is 1. The molecule has 0 fully saturated rings. The van der Waals surface area contributed by atoms with Crippen LogP contribution in [0, 0.1) is 0 Å². The lowest BCUT2D eigenvalue weighted by Gasteiger charge is -2.11. The molecule has 1 aromatic heterocycles. The highest BCUT2D eigenvalue weighted by Gasteiger charge is 2.18. The molecule has 0 aliphatic heterocycles. The van der Waals surface area contributed by atoms with Crippen molar-refractivity contribution in [1.82, 2.24) is 0 Å². The number of carboxylic acids is 1. The van der Waals surface area contributed by atoms with Crippen molar-refractivity contribution >= 4 is 48.9 Å². The molecule has 0 aliphatic carbocycles. The van der Waals surface area contributed by atoms with Crippen molar-refractivity contribution < 1.29 is 18.3 Å². The summed E-state index contributed by atoms with van der Waals surface area (Å²) in [4.78, 5) is 10.9. The van der Waals surface area contributed by atoms with Crippen molar-refractivity contribution in [3.63, 3.8) is 0 Å². The zero-order chi connectivity index (χ0) is 14.0. The molecule has 5 nitrogen and oxygen atoms in total. The Morgan fingerprint density at radius 1 is 1.21 bits per heavy atom. The topological polar surface area (TPSA) is 86.3 Å². The Labute approximate surface area is 122 Å². The van der Waals surface area contributed by atoms with Crippen LogP contribution in [0.2, 0.25) is 0 Å². The van der Waals surface area contributed by atoms with Gasteiger partial charge in [0.05, 0.1) is 15.4 Å². The number of nitrogens with one attached hydrogen (secondary N) is 1. The number of rotatable bonds is 4. The zero-order valence-corrected chi connectivity index (χ0v) is 12.5. The average molecular weight is 361 g/mol. The molecule has 19 heavy (non-hydrogen) atoms. The largest absolute Gasteiger partial charge is 0.545 e. The number of benzene rings is 1. The summed E-state index contributed by atoms with van der Waals surface area (Å²) in [6.07, 6.45) is 0. The van der Waals surface area contributed by atoms with Crippen molar-refractivity contribution in [2.75, 3.05) is 4.72 Å². The first-order valence-electron chi connectivity index (χ1n) is 4.99.